The van der Waals surface area contributed by atoms with E-state index in [2.05, 4.69) is 59.4 Å². The summed E-state index contributed by atoms with van der Waals surface area (Å²) < 4.78 is 1.87. The molecule has 0 aliphatic heterocycles. The molecule has 0 amide bonds. The van der Waals surface area contributed by atoms with Crippen molar-refractivity contribution in [3.8, 4) is 0 Å². The Labute approximate surface area is 127 Å². The van der Waals surface area contributed by atoms with Gasteiger partial charge < -0.3 is 10.2 Å². The fraction of sp³-hybridized carbons (Fsp3) is 0.500. The first-order chi connectivity index (χ1) is 10.2. The maximum Gasteiger partial charge on any atom is 0.128 e. The van der Waals surface area contributed by atoms with Gasteiger partial charge in [0.25, 0.3) is 0 Å². The van der Waals surface area contributed by atoms with E-state index in [1.54, 1.807) is 0 Å². The van der Waals surface area contributed by atoms with E-state index in [0.29, 0.717) is 0 Å². The second-order valence-corrected chi connectivity index (χ2v) is 5.06. The molecule has 0 saturated heterocycles. The molecule has 0 fully saturated rings. The van der Waals surface area contributed by atoms with E-state index in [0.717, 1.165) is 43.3 Å². The third-order valence-electron chi connectivity index (χ3n) is 3.64. The first-order valence-corrected chi connectivity index (χ1v) is 7.64. The van der Waals surface area contributed by atoms with Crippen LogP contribution in [0.15, 0.2) is 24.5 Å². The van der Waals surface area contributed by atoms with Gasteiger partial charge in [0.2, 0.25) is 0 Å². The molecule has 5 nitrogen and oxygen atoms in total. The predicted molar refractivity (Wildman–Crippen MR) is 87.7 cm³/mol. The summed E-state index contributed by atoms with van der Waals surface area (Å²) in [5.41, 5.74) is 3.43. The average Bonchev–Trinajstić information content (AvgIpc) is 2.88. The van der Waals surface area contributed by atoms with Crippen molar-refractivity contribution in [3.63, 3.8) is 0 Å². The van der Waals surface area contributed by atoms with Crippen molar-refractivity contribution in [2.45, 2.75) is 33.7 Å². The van der Waals surface area contributed by atoms with Crippen molar-refractivity contribution in [2.24, 2.45) is 7.05 Å². The third-order valence-corrected chi connectivity index (χ3v) is 3.64. The molecule has 0 bridgehead atoms. The van der Waals surface area contributed by atoms with Crippen LogP contribution < -0.4 is 10.2 Å². The van der Waals surface area contributed by atoms with E-state index in [1.165, 1.54) is 5.56 Å². The van der Waals surface area contributed by atoms with E-state index in [9.17, 15) is 0 Å². The number of nitrogens with one attached hydrogen (secondary N) is 1. The minimum atomic E-state index is 0.781. The zero-order valence-corrected chi connectivity index (χ0v) is 13.4. The molecule has 0 saturated carbocycles. The topological polar surface area (TPSA) is 46.0 Å². The van der Waals surface area contributed by atoms with Crippen molar-refractivity contribution in [1.29, 1.82) is 0 Å². The van der Waals surface area contributed by atoms with Crippen LogP contribution in [0.1, 0.15) is 32.0 Å². The molecular formula is C16H25N5. The van der Waals surface area contributed by atoms with Gasteiger partial charge in [-0.15, -0.1) is 0 Å². The molecule has 0 aliphatic rings. The van der Waals surface area contributed by atoms with Crippen LogP contribution in [0, 0.1) is 0 Å². The van der Waals surface area contributed by atoms with Crippen LogP contribution in [0.3, 0.4) is 0 Å². The number of hydrogen-bond acceptors (Lipinski definition) is 4. The molecule has 0 unspecified atom stereocenters. The Kier molecular flexibility index (Phi) is 5.20. The molecule has 1 N–H and O–H groups in total. The summed E-state index contributed by atoms with van der Waals surface area (Å²) in [5.74, 6) is 1.03. The quantitative estimate of drug-likeness (QED) is 0.850. The summed E-state index contributed by atoms with van der Waals surface area (Å²) in [6.07, 6.45) is 4.93. The molecule has 2 aromatic heterocycles. The van der Waals surface area contributed by atoms with Crippen molar-refractivity contribution < 1.29 is 0 Å². The number of nitrogens with zero attached hydrogens (tertiary/aromatic N) is 4. The van der Waals surface area contributed by atoms with Crippen LogP contribution in [-0.4, -0.2) is 27.9 Å². The van der Waals surface area contributed by atoms with Crippen molar-refractivity contribution in [3.05, 3.63) is 35.8 Å². The molecule has 2 aromatic rings. The van der Waals surface area contributed by atoms with Crippen molar-refractivity contribution >= 4 is 11.5 Å². The molecule has 2 heterocycles. The molecule has 0 radical (unpaired) electrons. The summed E-state index contributed by atoms with van der Waals surface area (Å²) in [6.45, 7) is 9.16. The van der Waals surface area contributed by atoms with Gasteiger partial charge in [-0.2, -0.15) is 5.10 Å². The number of pyridine rings is 1. The molecule has 2 rings (SSSR count). The van der Waals surface area contributed by atoms with Crippen LogP contribution in [0.2, 0.25) is 0 Å². The molecule has 0 aromatic carbocycles. The van der Waals surface area contributed by atoms with Gasteiger partial charge in [0.05, 0.1) is 17.6 Å². The van der Waals surface area contributed by atoms with Crippen LogP contribution in [0.4, 0.5) is 11.5 Å². The van der Waals surface area contributed by atoms with Crippen molar-refractivity contribution in [2.75, 3.05) is 23.3 Å². The van der Waals surface area contributed by atoms with E-state index in [-0.39, 0.29) is 0 Å². The Hall–Kier alpha value is -2.04. The summed E-state index contributed by atoms with van der Waals surface area (Å²) in [4.78, 5) is 6.76. The van der Waals surface area contributed by atoms with E-state index >= 15 is 0 Å². The fourth-order valence-electron chi connectivity index (χ4n) is 2.45. The lowest BCUT2D eigenvalue weighted by Gasteiger charge is -2.19. The first kappa shape index (κ1) is 15.4. The molecule has 114 valence electrons. The Morgan fingerprint density at radius 1 is 1.19 bits per heavy atom. The highest BCUT2D eigenvalue weighted by atomic mass is 15.3. The smallest absolute Gasteiger partial charge is 0.128 e. The maximum atomic E-state index is 4.52. The van der Waals surface area contributed by atoms with Gasteiger partial charge in [-0.05, 0) is 32.4 Å². The largest absolute Gasteiger partial charge is 0.380 e. The van der Waals surface area contributed by atoms with E-state index in [4.69, 9.17) is 0 Å². The van der Waals surface area contributed by atoms with Gasteiger partial charge in [0.1, 0.15) is 5.82 Å². The highest BCUT2D eigenvalue weighted by Crippen LogP contribution is 2.15. The second kappa shape index (κ2) is 7.11. The lowest BCUT2D eigenvalue weighted by atomic mass is 10.2. The van der Waals surface area contributed by atoms with Gasteiger partial charge in [0, 0.05) is 38.4 Å². The van der Waals surface area contributed by atoms with Crippen LogP contribution in [0.5, 0.6) is 0 Å². The molecule has 0 aliphatic carbocycles. The number of rotatable bonds is 7. The molecule has 21 heavy (non-hydrogen) atoms. The van der Waals surface area contributed by atoms with Gasteiger partial charge in [0.15, 0.2) is 0 Å². The number of aromatic nitrogens is 3. The Bertz CT molecular complexity index is 555. The highest BCUT2D eigenvalue weighted by molar-refractivity contribution is 5.48. The monoisotopic (exact) mass is 287 g/mol. The molecule has 0 atom stereocenters. The van der Waals surface area contributed by atoms with Gasteiger partial charge in [-0.25, -0.2) is 4.98 Å². The molecule has 5 heteroatoms. The minimum Gasteiger partial charge on any atom is -0.380 e. The second-order valence-electron chi connectivity index (χ2n) is 5.06. The Balaban J connectivity index is 2.00. The number of hydrogen-bond donors (Lipinski definition) is 1. The summed E-state index contributed by atoms with van der Waals surface area (Å²) >= 11 is 0. The van der Waals surface area contributed by atoms with Crippen LogP contribution in [0.25, 0.3) is 0 Å². The average molecular weight is 287 g/mol. The van der Waals surface area contributed by atoms with Gasteiger partial charge in [-0.1, -0.05) is 6.92 Å². The van der Waals surface area contributed by atoms with E-state index in [1.807, 2.05) is 17.9 Å². The number of anilines is 2. The Morgan fingerprint density at radius 2 is 1.95 bits per heavy atom. The van der Waals surface area contributed by atoms with Crippen molar-refractivity contribution in [1.82, 2.24) is 14.8 Å². The molecular weight excluding hydrogens is 262 g/mol. The Morgan fingerprint density at radius 3 is 2.52 bits per heavy atom. The van der Waals surface area contributed by atoms with E-state index < -0.39 is 0 Å². The minimum absolute atomic E-state index is 0.781. The van der Waals surface area contributed by atoms with Crippen LogP contribution >= 0.6 is 0 Å². The molecule has 0 spiro atoms. The standard InChI is InChI=1S/C16H25N5/c1-5-15-13(12-20(4)19-15)10-17-14-8-9-16(18-11-14)21(6-2)7-3/h8-9,11-12,17H,5-7,10H2,1-4H3. The van der Waals surface area contributed by atoms with Gasteiger partial charge in [-0.3, -0.25) is 4.68 Å². The fourth-order valence-corrected chi connectivity index (χ4v) is 2.45. The van der Waals surface area contributed by atoms with Crippen LogP contribution in [-0.2, 0) is 20.0 Å². The number of aryl methyl sites for hydroxylation is 2. The lowest BCUT2D eigenvalue weighted by molar-refractivity contribution is 0.746. The summed E-state index contributed by atoms with van der Waals surface area (Å²) in [7, 11) is 1.96. The maximum absolute atomic E-state index is 4.52. The predicted octanol–water partition coefficient (Wildman–Crippen LogP) is 2.84. The van der Waals surface area contributed by atoms with Gasteiger partial charge >= 0.3 is 0 Å². The third kappa shape index (κ3) is 3.74. The normalized spacial score (nSPS) is 10.7. The zero-order valence-electron chi connectivity index (χ0n) is 13.4. The SMILES string of the molecule is CCc1nn(C)cc1CNc1ccc(N(CC)CC)nc1. The first-order valence-electron chi connectivity index (χ1n) is 7.64. The zero-order chi connectivity index (χ0) is 15.2. The summed E-state index contributed by atoms with van der Waals surface area (Å²) in [6, 6.07) is 4.15. The highest BCUT2D eigenvalue weighted by Gasteiger charge is 2.06. The summed E-state index contributed by atoms with van der Waals surface area (Å²) in [5, 5.41) is 7.87. The lowest BCUT2D eigenvalue weighted by Crippen LogP contribution is -2.22.